The molecule has 3 amide bonds. The van der Waals surface area contributed by atoms with Gasteiger partial charge in [-0.05, 0) is 44.4 Å². The quantitative estimate of drug-likeness (QED) is 0.844. The number of nitrogens with zero attached hydrogens (tertiary/aromatic N) is 2. The van der Waals surface area contributed by atoms with Crippen LogP contribution in [0.3, 0.4) is 0 Å². The first-order valence-corrected chi connectivity index (χ1v) is 8.62. The normalized spacial score (nSPS) is 14.4. The summed E-state index contributed by atoms with van der Waals surface area (Å²) in [7, 11) is 0. The van der Waals surface area contributed by atoms with Crippen LogP contribution in [0.25, 0.3) is 0 Å². The summed E-state index contributed by atoms with van der Waals surface area (Å²) in [6.07, 6.45) is 1.77. The van der Waals surface area contributed by atoms with Gasteiger partial charge in [0.1, 0.15) is 0 Å². The molecular weight excluding hydrogens is 302 g/mol. The predicted molar refractivity (Wildman–Crippen MR) is 95.9 cm³/mol. The Morgan fingerprint density at radius 3 is 2.25 bits per heavy atom. The maximum absolute atomic E-state index is 12.3. The van der Waals surface area contributed by atoms with Crippen LogP contribution < -0.4 is 5.32 Å². The van der Waals surface area contributed by atoms with E-state index < -0.39 is 0 Å². The molecule has 0 spiro atoms. The Kier molecular flexibility index (Phi) is 6.41. The van der Waals surface area contributed by atoms with Gasteiger partial charge in [0.2, 0.25) is 0 Å². The number of hydrogen-bond acceptors (Lipinski definition) is 2. The Balaban J connectivity index is 1.86. The summed E-state index contributed by atoms with van der Waals surface area (Å²) in [6.45, 7) is 11.3. The number of likely N-dealkylation sites (tertiary alicyclic amines) is 1. The smallest absolute Gasteiger partial charge is 0.317 e. The lowest BCUT2D eigenvalue weighted by Gasteiger charge is -2.28. The molecule has 1 saturated heterocycles. The molecule has 1 aromatic rings. The largest absolute Gasteiger partial charge is 0.339 e. The monoisotopic (exact) mass is 329 g/mol. The van der Waals surface area contributed by atoms with E-state index >= 15 is 0 Å². The molecule has 1 N–H and O–H groups in total. The van der Waals surface area contributed by atoms with Crippen molar-refractivity contribution >= 4 is 11.9 Å². The summed E-state index contributed by atoms with van der Waals surface area (Å²) in [6, 6.07) is 7.41. The van der Waals surface area contributed by atoms with Crippen molar-refractivity contribution in [1.29, 1.82) is 0 Å². The van der Waals surface area contributed by atoms with E-state index in [1.807, 2.05) is 43.0 Å². The molecule has 1 fully saturated rings. The Hall–Kier alpha value is -2.30. The van der Waals surface area contributed by atoms with E-state index in [4.69, 9.17) is 0 Å². The number of piperidine rings is 1. The second kappa shape index (κ2) is 8.52. The van der Waals surface area contributed by atoms with Crippen LogP contribution >= 0.6 is 0 Å². The summed E-state index contributed by atoms with van der Waals surface area (Å²) < 4.78 is 0. The molecule has 5 heteroatoms. The lowest BCUT2D eigenvalue weighted by Crippen LogP contribution is -2.42. The third-order valence-corrected chi connectivity index (χ3v) is 4.45. The van der Waals surface area contributed by atoms with Crippen LogP contribution in [0.5, 0.6) is 0 Å². The minimum Gasteiger partial charge on any atom is -0.339 e. The van der Waals surface area contributed by atoms with Crippen LogP contribution in [0.4, 0.5) is 4.79 Å². The molecule has 2 rings (SSSR count). The van der Waals surface area contributed by atoms with Gasteiger partial charge in [0.05, 0.1) is 0 Å². The molecule has 130 valence electrons. The molecular formula is C19H27N3O2. The number of urea groups is 1. The van der Waals surface area contributed by atoms with Crippen molar-refractivity contribution in [2.75, 3.05) is 26.2 Å². The van der Waals surface area contributed by atoms with Gasteiger partial charge in [0.25, 0.3) is 5.91 Å². The van der Waals surface area contributed by atoms with E-state index in [9.17, 15) is 9.59 Å². The molecule has 1 heterocycles. The Morgan fingerprint density at radius 1 is 1.12 bits per heavy atom. The first kappa shape index (κ1) is 18.0. The molecule has 1 aliphatic rings. The molecule has 1 aliphatic heterocycles. The summed E-state index contributed by atoms with van der Waals surface area (Å²) in [5.74, 6) is 0.0455. The summed E-state index contributed by atoms with van der Waals surface area (Å²) >= 11 is 0. The highest BCUT2D eigenvalue weighted by atomic mass is 16.2. The predicted octanol–water partition coefficient (Wildman–Crippen LogP) is 3.03. The highest BCUT2D eigenvalue weighted by molar-refractivity contribution is 5.94. The summed E-state index contributed by atoms with van der Waals surface area (Å²) in [5.41, 5.74) is 2.89. The topological polar surface area (TPSA) is 52.7 Å². The van der Waals surface area contributed by atoms with Gasteiger partial charge in [-0.15, -0.1) is 0 Å². The molecule has 0 aromatic heterocycles. The third-order valence-electron chi connectivity index (χ3n) is 4.45. The zero-order valence-electron chi connectivity index (χ0n) is 14.7. The number of amides is 3. The number of rotatable bonds is 5. The molecule has 0 bridgehead atoms. The average Bonchev–Trinajstić information content (AvgIpc) is 2.61. The van der Waals surface area contributed by atoms with Crippen molar-refractivity contribution in [3.05, 3.63) is 47.5 Å². The van der Waals surface area contributed by atoms with Crippen LogP contribution in [0.2, 0.25) is 0 Å². The Labute approximate surface area is 144 Å². The zero-order chi connectivity index (χ0) is 17.5. The lowest BCUT2D eigenvalue weighted by molar-refractivity contribution is 0.0773. The lowest BCUT2D eigenvalue weighted by atomic mass is 10.1. The van der Waals surface area contributed by atoms with E-state index in [1.165, 1.54) is 5.57 Å². The second-order valence-electron chi connectivity index (χ2n) is 6.07. The van der Waals surface area contributed by atoms with E-state index in [-0.39, 0.29) is 11.9 Å². The number of carbonyl (C=O) groups excluding carboxylic acids is 2. The van der Waals surface area contributed by atoms with E-state index in [1.54, 1.807) is 4.90 Å². The number of benzene rings is 1. The Bertz CT molecular complexity index is 581. The maximum Gasteiger partial charge on any atom is 0.317 e. The standard InChI is InChI=1S/C19H27N3O2/c1-4-21(5-2)18(23)17-8-6-16(7-9-17)14-20-19(24)22-12-10-15(3)11-13-22/h6-9H,3-5,10-14H2,1-2H3,(H,20,24). The van der Waals surface area contributed by atoms with Crippen LogP contribution in [-0.4, -0.2) is 47.9 Å². The fraction of sp³-hybridized carbons (Fsp3) is 0.474. The fourth-order valence-corrected chi connectivity index (χ4v) is 2.77. The van der Waals surface area contributed by atoms with Gasteiger partial charge in [-0.1, -0.05) is 24.3 Å². The van der Waals surface area contributed by atoms with Crippen LogP contribution in [0.1, 0.15) is 42.6 Å². The molecule has 24 heavy (non-hydrogen) atoms. The van der Waals surface area contributed by atoms with Crippen molar-refractivity contribution in [3.8, 4) is 0 Å². The number of hydrogen-bond donors (Lipinski definition) is 1. The molecule has 5 nitrogen and oxygen atoms in total. The van der Waals surface area contributed by atoms with Gasteiger partial charge in [-0.3, -0.25) is 4.79 Å². The van der Waals surface area contributed by atoms with Gasteiger partial charge in [0, 0.05) is 38.3 Å². The van der Waals surface area contributed by atoms with E-state index in [2.05, 4.69) is 11.9 Å². The van der Waals surface area contributed by atoms with E-state index in [0.717, 1.165) is 31.5 Å². The Morgan fingerprint density at radius 2 is 1.71 bits per heavy atom. The van der Waals surface area contributed by atoms with Crippen molar-refractivity contribution < 1.29 is 9.59 Å². The highest BCUT2D eigenvalue weighted by Gasteiger charge is 2.17. The minimum atomic E-state index is -0.0363. The van der Waals surface area contributed by atoms with Crippen molar-refractivity contribution in [1.82, 2.24) is 15.1 Å². The SMILES string of the molecule is C=C1CCN(C(=O)NCc2ccc(C(=O)N(CC)CC)cc2)CC1. The van der Waals surface area contributed by atoms with Gasteiger partial charge in [-0.25, -0.2) is 4.79 Å². The van der Waals surface area contributed by atoms with Gasteiger partial charge < -0.3 is 15.1 Å². The third kappa shape index (κ3) is 4.60. The fourth-order valence-electron chi connectivity index (χ4n) is 2.77. The molecule has 0 radical (unpaired) electrons. The summed E-state index contributed by atoms with van der Waals surface area (Å²) in [5, 5.41) is 2.94. The van der Waals surface area contributed by atoms with Gasteiger partial charge in [-0.2, -0.15) is 0 Å². The zero-order valence-corrected chi connectivity index (χ0v) is 14.7. The number of carbonyl (C=O) groups is 2. The minimum absolute atomic E-state index is 0.0363. The molecule has 1 aromatic carbocycles. The highest BCUT2D eigenvalue weighted by Crippen LogP contribution is 2.14. The van der Waals surface area contributed by atoms with Crippen molar-refractivity contribution in [2.24, 2.45) is 0 Å². The average molecular weight is 329 g/mol. The van der Waals surface area contributed by atoms with Crippen LogP contribution in [0, 0.1) is 0 Å². The molecule has 0 aliphatic carbocycles. The molecule has 0 atom stereocenters. The van der Waals surface area contributed by atoms with Gasteiger partial charge >= 0.3 is 6.03 Å². The second-order valence-corrected chi connectivity index (χ2v) is 6.07. The summed E-state index contributed by atoms with van der Waals surface area (Å²) in [4.78, 5) is 28.0. The first-order valence-electron chi connectivity index (χ1n) is 8.62. The van der Waals surface area contributed by atoms with Crippen molar-refractivity contribution in [3.63, 3.8) is 0 Å². The van der Waals surface area contributed by atoms with Crippen LogP contribution in [0.15, 0.2) is 36.4 Å². The van der Waals surface area contributed by atoms with Crippen molar-refractivity contribution in [2.45, 2.75) is 33.2 Å². The van der Waals surface area contributed by atoms with Crippen LogP contribution in [-0.2, 0) is 6.54 Å². The van der Waals surface area contributed by atoms with E-state index in [0.29, 0.717) is 25.2 Å². The van der Waals surface area contributed by atoms with Gasteiger partial charge in [0.15, 0.2) is 0 Å². The molecule has 0 unspecified atom stereocenters. The maximum atomic E-state index is 12.3. The molecule has 0 saturated carbocycles. The number of nitrogens with one attached hydrogen (secondary N) is 1. The first-order chi connectivity index (χ1) is 11.5.